The molecular formula is C12H17NO6. The third-order valence-corrected chi connectivity index (χ3v) is 2.98. The average molecular weight is 271 g/mol. The first kappa shape index (κ1) is 15.1. The third-order valence-electron chi connectivity index (χ3n) is 2.98. The zero-order valence-electron chi connectivity index (χ0n) is 10.7. The fourth-order valence-electron chi connectivity index (χ4n) is 2.11. The minimum Gasteiger partial charge on any atom is -0.480 e. The van der Waals surface area contributed by atoms with Gasteiger partial charge in [0.05, 0.1) is 0 Å². The van der Waals surface area contributed by atoms with Crippen molar-refractivity contribution in [1.29, 1.82) is 0 Å². The van der Waals surface area contributed by atoms with E-state index in [0.717, 1.165) is 6.92 Å². The second-order valence-electron chi connectivity index (χ2n) is 4.56. The fraction of sp³-hybridized carbons (Fsp3) is 0.667. The van der Waals surface area contributed by atoms with Crippen molar-refractivity contribution < 1.29 is 29.0 Å². The Labute approximate surface area is 110 Å². The summed E-state index contributed by atoms with van der Waals surface area (Å²) in [7, 11) is 0. The predicted octanol–water partition coefficient (Wildman–Crippen LogP) is -0.122. The van der Waals surface area contributed by atoms with Gasteiger partial charge in [-0.25, -0.2) is 4.79 Å². The number of carbonyl (C=O) groups is 4. The Morgan fingerprint density at radius 1 is 1.47 bits per heavy atom. The highest BCUT2D eigenvalue weighted by atomic mass is 16.5. The van der Waals surface area contributed by atoms with Crippen molar-refractivity contribution in [3.05, 3.63) is 0 Å². The SMILES string of the molecule is CC(=O)OCC(=O)N[C@H](C(=O)O)[C@@H]1CCCC(=O)C1. The highest BCUT2D eigenvalue weighted by Crippen LogP contribution is 2.24. The highest BCUT2D eigenvalue weighted by molar-refractivity contribution is 5.86. The maximum Gasteiger partial charge on any atom is 0.326 e. The van der Waals surface area contributed by atoms with Gasteiger partial charge in [-0.15, -0.1) is 0 Å². The summed E-state index contributed by atoms with van der Waals surface area (Å²) in [5.74, 6) is -2.87. The smallest absolute Gasteiger partial charge is 0.326 e. The molecule has 0 aliphatic heterocycles. The molecule has 0 spiro atoms. The molecule has 0 aromatic carbocycles. The normalized spacial score (nSPS) is 20.5. The molecule has 1 fully saturated rings. The molecule has 0 aromatic heterocycles. The minimum atomic E-state index is -1.18. The largest absolute Gasteiger partial charge is 0.480 e. The van der Waals surface area contributed by atoms with Crippen LogP contribution < -0.4 is 5.32 Å². The Morgan fingerprint density at radius 2 is 2.16 bits per heavy atom. The fourth-order valence-corrected chi connectivity index (χ4v) is 2.11. The molecule has 19 heavy (non-hydrogen) atoms. The van der Waals surface area contributed by atoms with Gasteiger partial charge in [0.15, 0.2) is 6.61 Å². The first-order chi connectivity index (χ1) is 8.90. The Balaban J connectivity index is 2.57. The van der Waals surface area contributed by atoms with E-state index in [1.165, 1.54) is 0 Å². The van der Waals surface area contributed by atoms with Crippen LogP contribution >= 0.6 is 0 Å². The second kappa shape index (κ2) is 6.86. The first-order valence-corrected chi connectivity index (χ1v) is 6.07. The van der Waals surface area contributed by atoms with Gasteiger partial charge < -0.3 is 15.2 Å². The highest BCUT2D eigenvalue weighted by Gasteiger charge is 2.33. The topological polar surface area (TPSA) is 110 Å². The van der Waals surface area contributed by atoms with Gasteiger partial charge in [0.25, 0.3) is 5.91 Å². The molecule has 0 heterocycles. The van der Waals surface area contributed by atoms with E-state index in [1.54, 1.807) is 0 Å². The van der Waals surface area contributed by atoms with E-state index in [-0.39, 0.29) is 12.2 Å². The van der Waals surface area contributed by atoms with Crippen LogP contribution in [0.25, 0.3) is 0 Å². The molecular weight excluding hydrogens is 254 g/mol. The lowest BCUT2D eigenvalue weighted by molar-refractivity contribution is -0.148. The number of esters is 1. The van der Waals surface area contributed by atoms with Gasteiger partial charge in [0.1, 0.15) is 11.8 Å². The monoisotopic (exact) mass is 271 g/mol. The van der Waals surface area contributed by atoms with E-state index in [1.807, 2.05) is 0 Å². The van der Waals surface area contributed by atoms with Crippen LogP contribution in [0.3, 0.4) is 0 Å². The molecule has 0 bridgehead atoms. The number of ether oxygens (including phenoxy) is 1. The van der Waals surface area contributed by atoms with Crippen molar-refractivity contribution in [2.75, 3.05) is 6.61 Å². The summed E-state index contributed by atoms with van der Waals surface area (Å²) in [6, 6.07) is -1.12. The summed E-state index contributed by atoms with van der Waals surface area (Å²) in [5.41, 5.74) is 0. The summed E-state index contributed by atoms with van der Waals surface area (Å²) in [5, 5.41) is 11.4. The lowest BCUT2D eigenvalue weighted by Gasteiger charge is -2.27. The van der Waals surface area contributed by atoms with Crippen molar-refractivity contribution in [1.82, 2.24) is 5.32 Å². The molecule has 0 unspecified atom stereocenters. The maximum absolute atomic E-state index is 11.4. The number of amides is 1. The number of ketones is 1. The Bertz CT molecular complexity index is 392. The van der Waals surface area contributed by atoms with Crippen molar-refractivity contribution in [3.63, 3.8) is 0 Å². The van der Waals surface area contributed by atoms with Crippen LogP contribution in [0.5, 0.6) is 0 Å². The van der Waals surface area contributed by atoms with Crippen LogP contribution in [0.4, 0.5) is 0 Å². The van der Waals surface area contributed by atoms with Crippen molar-refractivity contribution >= 4 is 23.6 Å². The van der Waals surface area contributed by atoms with Crippen molar-refractivity contribution in [2.24, 2.45) is 5.92 Å². The lowest BCUT2D eigenvalue weighted by atomic mass is 9.83. The predicted molar refractivity (Wildman–Crippen MR) is 63.2 cm³/mol. The van der Waals surface area contributed by atoms with Crippen molar-refractivity contribution in [3.8, 4) is 0 Å². The molecule has 7 heteroatoms. The molecule has 106 valence electrons. The minimum absolute atomic E-state index is 0.0109. The Morgan fingerprint density at radius 3 is 2.68 bits per heavy atom. The van der Waals surface area contributed by atoms with Gasteiger partial charge >= 0.3 is 11.9 Å². The van der Waals surface area contributed by atoms with Gasteiger partial charge in [-0.3, -0.25) is 14.4 Å². The van der Waals surface area contributed by atoms with Gasteiger partial charge in [-0.2, -0.15) is 0 Å². The average Bonchev–Trinajstić information content (AvgIpc) is 2.33. The van der Waals surface area contributed by atoms with Crippen molar-refractivity contribution in [2.45, 2.75) is 38.6 Å². The Kier molecular flexibility index (Phi) is 5.47. The molecule has 0 radical (unpaired) electrons. The van der Waals surface area contributed by atoms with Crippen LogP contribution in [0.2, 0.25) is 0 Å². The van der Waals surface area contributed by atoms with Crippen LogP contribution in [-0.4, -0.2) is 41.4 Å². The molecule has 1 saturated carbocycles. The molecule has 1 aliphatic carbocycles. The van der Waals surface area contributed by atoms with E-state index in [2.05, 4.69) is 10.1 Å². The zero-order valence-corrected chi connectivity index (χ0v) is 10.7. The molecule has 1 amide bonds. The number of Topliss-reactive ketones (excluding diaryl/α,β-unsaturated/α-hetero) is 1. The number of hydrogen-bond acceptors (Lipinski definition) is 5. The first-order valence-electron chi connectivity index (χ1n) is 6.07. The van der Waals surface area contributed by atoms with E-state index in [9.17, 15) is 19.2 Å². The van der Waals surface area contributed by atoms with Crippen LogP contribution in [0, 0.1) is 5.92 Å². The number of carboxylic acids is 1. The third kappa shape index (κ3) is 5.07. The van der Waals surface area contributed by atoms with Gasteiger partial charge in [0, 0.05) is 19.8 Å². The summed E-state index contributed by atoms with van der Waals surface area (Å²) in [6.45, 7) is 0.640. The number of carbonyl (C=O) groups excluding carboxylic acids is 3. The quantitative estimate of drug-likeness (QED) is 0.674. The Hall–Kier alpha value is -1.92. The number of hydrogen-bond donors (Lipinski definition) is 2. The van der Waals surface area contributed by atoms with E-state index >= 15 is 0 Å². The van der Waals surface area contributed by atoms with E-state index in [0.29, 0.717) is 19.3 Å². The zero-order chi connectivity index (χ0) is 14.4. The summed E-state index contributed by atoms with van der Waals surface area (Å²) in [6.07, 6.45) is 1.83. The van der Waals surface area contributed by atoms with Gasteiger partial charge in [-0.1, -0.05) is 0 Å². The molecule has 2 atom stereocenters. The molecule has 1 aliphatic rings. The number of carboxylic acid groups (broad SMARTS) is 1. The van der Waals surface area contributed by atoms with E-state index in [4.69, 9.17) is 5.11 Å². The standard InChI is InChI=1S/C12H17NO6/c1-7(14)19-6-10(16)13-11(12(17)18)8-3-2-4-9(15)5-8/h8,11H,2-6H2,1H3,(H,13,16)(H,17,18)/t8-,11+/m1/s1. The summed E-state index contributed by atoms with van der Waals surface area (Å²) >= 11 is 0. The van der Waals surface area contributed by atoms with Gasteiger partial charge in [-0.05, 0) is 18.8 Å². The van der Waals surface area contributed by atoms with Gasteiger partial charge in [0.2, 0.25) is 0 Å². The summed E-state index contributed by atoms with van der Waals surface area (Å²) in [4.78, 5) is 44.5. The second-order valence-corrected chi connectivity index (χ2v) is 4.56. The number of nitrogens with one attached hydrogen (secondary N) is 1. The van der Waals surface area contributed by atoms with Crippen LogP contribution in [0.15, 0.2) is 0 Å². The van der Waals surface area contributed by atoms with Crippen LogP contribution in [-0.2, 0) is 23.9 Å². The molecule has 7 nitrogen and oxygen atoms in total. The molecule has 2 N–H and O–H groups in total. The summed E-state index contributed by atoms with van der Waals surface area (Å²) < 4.78 is 4.48. The number of rotatable bonds is 5. The molecule has 0 saturated heterocycles. The van der Waals surface area contributed by atoms with Crippen LogP contribution in [0.1, 0.15) is 32.6 Å². The lowest BCUT2D eigenvalue weighted by Crippen LogP contribution is -2.48. The maximum atomic E-state index is 11.4. The molecule has 0 aromatic rings. The molecule has 1 rings (SSSR count). The number of aliphatic carboxylic acids is 1. The van der Waals surface area contributed by atoms with E-state index < -0.39 is 36.4 Å².